The van der Waals surface area contributed by atoms with Gasteiger partial charge in [0, 0.05) is 23.6 Å². The van der Waals surface area contributed by atoms with E-state index in [1.165, 1.54) is 6.33 Å². The molecule has 0 saturated heterocycles. The topological polar surface area (TPSA) is 63.8 Å². The summed E-state index contributed by atoms with van der Waals surface area (Å²) in [7, 11) is 0. The summed E-state index contributed by atoms with van der Waals surface area (Å²) < 4.78 is 6.72. The second kappa shape index (κ2) is 5.40. The highest BCUT2D eigenvalue weighted by molar-refractivity contribution is 9.11. The fourth-order valence-corrected chi connectivity index (χ4v) is 2.27. The summed E-state index contributed by atoms with van der Waals surface area (Å²) in [6.45, 7) is 0.690. The smallest absolute Gasteiger partial charge is 0.228 e. The van der Waals surface area contributed by atoms with Crippen LogP contribution in [-0.4, -0.2) is 21.7 Å². The summed E-state index contributed by atoms with van der Waals surface area (Å²) in [5, 5.41) is 6.70. The molecule has 7 heteroatoms. The number of nitrogens with zero attached hydrogens (tertiary/aromatic N) is 3. The predicted molar refractivity (Wildman–Crippen MR) is 66.1 cm³/mol. The first-order chi connectivity index (χ1) is 7.75. The molecule has 84 valence electrons. The first kappa shape index (κ1) is 11.5. The van der Waals surface area contributed by atoms with Gasteiger partial charge in [-0.3, -0.25) is 0 Å². The number of anilines is 1. The molecular weight excluding hydrogens is 340 g/mol. The molecule has 0 aliphatic rings. The lowest BCUT2D eigenvalue weighted by Crippen LogP contribution is -2.06. The zero-order valence-electron chi connectivity index (χ0n) is 8.15. The first-order valence-electron chi connectivity index (χ1n) is 4.56. The lowest BCUT2D eigenvalue weighted by molar-refractivity contribution is 0.379. The lowest BCUT2D eigenvalue weighted by Gasteiger charge is -2.05. The standard InChI is InChI=1S/C9H8Br2N4O/c10-6-3-7(11)9(13-4-6)12-2-1-8-14-5-15-16-8/h3-5H,1-2H2,(H,12,13). The first-order valence-corrected chi connectivity index (χ1v) is 6.15. The van der Waals surface area contributed by atoms with Gasteiger partial charge in [0.1, 0.15) is 5.82 Å². The van der Waals surface area contributed by atoms with E-state index in [1.54, 1.807) is 6.20 Å². The summed E-state index contributed by atoms with van der Waals surface area (Å²) in [5.41, 5.74) is 0. The Bertz CT molecular complexity index is 461. The largest absolute Gasteiger partial charge is 0.369 e. The Labute approximate surface area is 109 Å². The highest BCUT2D eigenvalue weighted by Gasteiger charge is 2.03. The maximum absolute atomic E-state index is 4.88. The average molecular weight is 348 g/mol. The second-order valence-electron chi connectivity index (χ2n) is 3.00. The zero-order chi connectivity index (χ0) is 11.4. The maximum Gasteiger partial charge on any atom is 0.228 e. The van der Waals surface area contributed by atoms with E-state index in [4.69, 9.17) is 4.52 Å². The Morgan fingerprint density at radius 2 is 2.19 bits per heavy atom. The molecule has 2 rings (SSSR count). The van der Waals surface area contributed by atoms with E-state index in [9.17, 15) is 0 Å². The number of rotatable bonds is 4. The summed E-state index contributed by atoms with van der Waals surface area (Å²) in [6.07, 6.45) is 3.80. The average Bonchev–Trinajstić information content (AvgIpc) is 2.74. The molecule has 2 heterocycles. The normalized spacial score (nSPS) is 10.4. The van der Waals surface area contributed by atoms with E-state index in [0.717, 1.165) is 14.8 Å². The van der Waals surface area contributed by atoms with Crippen molar-refractivity contribution in [1.82, 2.24) is 15.1 Å². The van der Waals surface area contributed by atoms with Crippen molar-refractivity contribution < 1.29 is 4.52 Å². The van der Waals surface area contributed by atoms with Gasteiger partial charge in [-0.1, -0.05) is 5.16 Å². The molecule has 1 N–H and O–H groups in total. The molecule has 0 unspecified atom stereocenters. The van der Waals surface area contributed by atoms with Crippen LogP contribution in [0.2, 0.25) is 0 Å². The fraction of sp³-hybridized carbons (Fsp3) is 0.222. The second-order valence-corrected chi connectivity index (χ2v) is 4.77. The summed E-state index contributed by atoms with van der Waals surface area (Å²) in [4.78, 5) is 8.15. The van der Waals surface area contributed by atoms with Gasteiger partial charge in [0.25, 0.3) is 0 Å². The van der Waals surface area contributed by atoms with Crippen molar-refractivity contribution in [3.8, 4) is 0 Å². The summed E-state index contributed by atoms with van der Waals surface area (Å²) in [5.74, 6) is 1.41. The highest BCUT2D eigenvalue weighted by Crippen LogP contribution is 2.23. The minimum Gasteiger partial charge on any atom is -0.369 e. The number of hydrogen-bond acceptors (Lipinski definition) is 5. The van der Waals surface area contributed by atoms with Gasteiger partial charge in [0.2, 0.25) is 5.89 Å². The van der Waals surface area contributed by atoms with E-state index in [2.05, 4.69) is 52.3 Å². The molecule has 0 fully saturated rings. The van der Waals surface area contributed by atoms with Crippen molar-refractivity contribution in [3.05, 3.63) is 33.4 Å². The molecule has 0 aliphatic heterocycles. The number of nitrogens with one attached hydrogen (secondary N) is 1. The Hall–Kier alpha value is -0.950. The Morgan fingerprint density at radius 3 is 2.88 bits per heavy atom. The molecule has 0 radical (unpaired) electrons. The van der Waals surface area contributed by atoms with Gasteiger partial charge in [-0.2, -0.15) is 4.98 Å². The van der Waals surface area contributed by atoms with Crippen LogP contribution >= 0.6 is 31.9 Å². The Morgan fingerprint density at radius 1 is 1.31 bits per heavy atom. The van der Waals surface area contributed by atoms with E-state index >= 15 is 0 Å². The lowest BCUT2D eigenvalue weighted by atomic mass is 10.4. The van der Waals surface area contributed by atoms with Crippen LogP contribution in [0.3, 0.4) is 0 Å². The molecule has 5 nitrogen and oxygen atoms in total. The van der Waals surface area contributed by atoms with Crippen LogP contribution in [0.1, 0.15) is 5.89 Å². The number of pyridine rings is 1. The van der Waals surface area contributed by atoms with Crippen molar-refractivity contribution in [2.75, 3.05) is 11.9 Å². The van der Waals surface area contributed by atoms with Crippen molar-refractivity contribution >= 4 is 37.7 Å². The van der Waals surface area contributed by atoms with Crippen LogP contribution < -0.4 is 5.32 Å². The minimum absolute atomic E-state index is 0.612. The molecule has 0 bridgehead atoms. The molecule has 0 aliphatic carbocycles. The van der Waals surface area contributed by atoms with Gasteiger partial charge in [-0.05, 0) is 37.9 Å². The molecule has 0 amide bonds. The van der Waals surface area contributed by atoms with Crippen LogP contribution in [0.15, 0.2) is 32.1 Å². The van der Waals surface area contributed by atoms with Crippen molar-refractivity contribution in [3.63, 3.8) is 0 Å². The van der Waals surface area contributed by atoms with E-state index in [1.807, 2.05) is 6.07 Å². The van der Waals surface area contributed by atoms with Crippen molar-refractivity contribution in [2.45, 2.75) is 6.42 Å². The quantitative estimate of drug-likeness (QED) is 0.921. The highest BCUT2D eigenvalue weighted by atomic mass is 79.9. The van der Waals surface area contributed by atoms with Gasteiger partial charge in [0.15, 0.2) is 6.33 Å². The number of hydrogen-bond donors (Lipinski definition) is 1. The third-order valence-electron chi connectivity index (χ3n) is 1.85. The van der Waals surface area contributed by atoms with Crippen molar-refractivity contribution in [2.24, 2.45) is 0 Å². The van der Waals surface area contributed by atoms with Gasteiger partial charge in [0.05, 0.1) is 4.47 Å². The maximum atomic E-state index is 4.88. The minimum atomic E-state index is 0.612. The summed E-state index contributed by atoms with van der Waals surface area (Å²) >= 11 is 6.76. The molecule has 16 heavy (non-hydrogen) atoms. The fourth-order valence-electron chi connectivity index (χ4n) is 1.14. The SMILES string of the molecule is Brc1cnc(NCCc2ncno2)c(Br)c1. The van der Waals surface area contributed by atoms with Gasteiger partial charge < -0.3 is 9.84 Å². The van der Waals surface area contributed by atoms with E-state index in [0.29, 0.717) is 18.9 Å². The zero-order valence-corrected chi connectivity index (χ0v) is 11.3. The van der Waals surface area contributed by atoms with E-state index < -0.39 is 0 Å². The van der Waals surface area contributed by atoms with Gasteiger partial charge >= 0.3 is 0 Å². The van der Waals surface area contributed by atoms with Crippen LogP contribution in [0.4, 0.5) is 5.82 Å². The Balaban J connectivity index is 1.90. The molecule has 2 aromatic heterocycles. The molecule has 0 saturated carbocycles. The Kier molecular flexibility index (Phi) is 3.89. The predicted octanol–water partition coefficient (Wildman–Crippen LogP) is 2.64. The molecular formula is C9H8Br2N4O. The molecule has 0 atom stereocenters. The number of halogens is 2. The third kappa shape index (κ3) is 3.02. The molecule has 0 aromatic carbocycles. The van der Waals surface area contributed by atoms with Gasteiger partial charge in [-0.15, -0.1) is 0 Å². The number of aromatic nitrogens is 3. The molecule has 2 aromatic rings. The van der Waals surface area contributed by atoms with E-state index in [-0.39, 0.29) is 0 Å². The van der Waals surface area contributed by atoms with Crippen LogP contribution in [0.25, 0.3) is 0 Å². The molecule has 0 spiro atoms. The van der Waals surface area contributed by atoms with Crippen LogP contribution in [0, 0.1) is 0 Å². The van der Waals surface area contributed by atoms with Crippen molar-refractivity contribution in [1.29, 1.82) is 0 Å². The van der Waals surface area contributed by atoms with Crippen LogP contribution in [0.5, 0.6) is 0 Å². The third-order valence-corrected chi connectivity index (χ3v) is 2.88. The summed E-state index contributed by atoms with van der Waals surface area (Å²) in [6, 6.07) is 1.93. The monoisotopic (exact) mass is 346 g/mol. The van der Waals surface area contributed by atoms with Gasteiger partial charge in [-0.25, -0.2) is 4.98 Å². The van der Waals surface area contributed by atoms with Crippen LogP contribution in [-0.2, 0) is 6.42 Å².